The van der Waals surface area contributed by atoms with Crippen molar-refractivity contribution in [2.75, 3.05) is 12.3 Å². The van der Waals surface area contributed by atoms with Crippen molar-refractivity contribution in [1.29, 1.82) is 0 Å². The molecule has 2 heteroatoms. The van der Waals surface area contributed by atoms with Gasteiger partial charge in [0.15, 0.2) is 0 Å². The van der Waals surface area contributed by atoms with Gasteiger partial charge >= 0.3 is 0 Å². The molecule has 2 atom stereocenters. The molecular formula is C18H27NS. The van der Waals surface area contributed by atoms with Crippen LogP contribution in [0.3, 0.4) is 0 Å². The molecule has 1 aromatic rings. The normalized spacial score (nSPS) is 24.6. The van der Waals surface area contributed by atoms with Crippen LogP contribution in [0.4, 0.5) is 0 Å². The molecule has 1 heterocycles. The molecule has 0 spiro atoms. The van der Waals surface area contributed by atoms with Crippen molar-refractivity contribution in [2.45, 2.75) is 62.7 Å². The fourth-order valence-electron chi connectivity index (χ4n) is 3.38. The molecule has 1 aliphatic heterocycles. The lowest BCUT2D eigenvalue weighted by Gasteiger charge is -2.29. The van der Waals surface area contributed by atoms with E-state index in [9.17, 15) is 0 Å². The Bertz CT molecular complexity index is 421. The van der Waals surface area contributed by atoms with Crippen molar-refractivity contribution >= 4 is 11.8 Å². The molecule has 1 saturated carbocycles. The van der Waals surface area contributed by atoms with E-state index < -0.39 is 0 Å². The van der Waals surface area contributed by atoms with Crippen LogP contribution in [-0.4, -0.2) is 17.5 Å². The van der Waals surface area contributed by atoms with Crippen LogP contribution in [0.2, 0.25) is 0 Å². The van der Waals surface area contributed by atoms with Crippen LogP contribution in [0.1, 0.15) is 68.5 Å². The Kier molecular flexibility index (Phi) is 5.06. The van der Waals surface area contributed by atoms with Crippen molar-refractivity contribution < 1.29 is 0 Å². The van der Waals surface area contributed by atoms with E-state index in [2.05, 4.69) is 48.3 Å². The molecule has 0 amide bonds. The lowest BCUT2D eigenvalue weighted by atomic mass is 9.79. The first kappa shape index (κ1) is 14.5. The first-order valence-electron chi connectivity index (χ1n) is 8.33. The average molecular weight is 289 g/mol. The van der Waals surface area contributed by atoms with Crippen molar-refractivity contribution in [3.8, 4) is 0 Å². The van der Waals surface area contributed by atoms with E-state index in [4.69, 9.17) is 0 Å². The summed E-state index contributed by atoms with van der Waals surface area (Å²) in [6.07, 6.45) is 8.20. The van der Waals surface area contributed by atoms with Gasteiger partial charge in [0.05, 0.1) is 0 Å². The second kappa shape index (κ2) is 7.00. The van der Waals surface area contributed by atoms with Crippen LogP contribution in [0.25, 0.3) is 0 Å². The minimum atomic E-state index is 0.558. The summed E-state index contributed by atoms with van der Waals surface area (Å²) < 4.78 is 0. The van der Waals surface area contributed by atoms with Gasteiger partial charge in [-0.2, -0.15) is 11.8 Å². The van der Waals surface area contributed by atoms with Gasteiger partial charge in [0.25, 0.3) is 0 Å². The maximum atomic E-state index is 3.81. The van der Waals surface area contributed by atoms with Crippen LogP contribution in [0, 0.1) is 0 Å². The molecule has 0 radical (unpaired) electrons. The zero-order chi connectivity index (χ0) is 13.8. The Labute approximate surface area is 127 Å². The molecule has 20 heavy (non-hydrogen) atoms. The van der Waals surface area contributed by atoms with E-state index in [1.54, 1.807) is 5.56 Å². The third kappa shape index (κ3) is 3.23. The van der Waals surface area contributed by atoms with E-state index >= 15 is 0 Å². The summed E-state index contributed by atoms with van der Waals surface area (Å²) in [6, 6.07) is 10.0. The SMILES string of the molecule is CCCNC(c1cccc(C2CCC2)c1)C1CCCS1. The van der Waals surface area contributed by atoms with Gasteiger partial charge in [0.1, 0.15) is 0 Å². The molecule has 110 valence electrons. The molecule has 2 unspecified atom stereocenters. The van der Waals surface area contributed by atoms with Crippen molar-refractivity contribution in [1.82, 2.24) is 5.32 Å². The average Bonchev–Trinajstić information content (AvgIpc) is 2.92. The highest BCUT2D eigenvalue weighted by Gasteiger charge is 2.27. The van der Waals surface area contributed by atoms with E-state index in [-0.39, 0.29) is 0 Å². The molecule has 1 aliphatic carbocycles. The molecule has 1 aromatic carbocycles. The fourth-order valence-corrected chi connectivity index (χ4v) is 4.79. The van der Waals surface area contributed by atoms with Crippen LogP contribution in [-0.2, 0) is 0 Å². The topological polar surface area (TPSA) is 12.0 Å². The zero-order valence-electron chi connectivity index (χ0n) is 12.6. The highest BCUT2D eigenvalue weighted by Crippen LogP contribution is 2.39. The van der Waals surface area contributed by atoms with Crippen molar-refractivity contribution in [2.24, 2.45) is 0 Å². The van der Waals surface area contributed by atoms with Crippen molar-refractivity contribution in [3.63, 3.8) is 0 Å². The summed E-state index contributed by atoms with van der Waals surface area (Å²) >= 11 is 2.17. The highest BCUT2D eigenvalue weighted by molar-refractivity contribution is 8.00. The number of hydrogen-bond acceptors (Lipinski definition) is 2. The first-order chi connectivity index (χ1) is 9.88. The zero-order valence-corrected chi connectivity index (χ0v) is 13.4. The standard InChI is InChI=1S/C18H27NS/c1-2-11-19-18(17-10-5-12-20-17)16-9-4-8-15(13-16)14-6-3-7-14/h4,8-9,13-14,17-19H,2-3,5-7,10-12H2,1H3. The molecule has 0 bridgehead atoms. The van der Waals surface area contributed by atoms with E-state index in [0.29, 0.717) is 6.04 Å². The van der Waals surface area contributed by atoms with Gasteiger partial charge < -0.3 is 5.32 Å². The number of thioether (sulfide) groups is 1. The Morgan fingerprint density at radius 3 is 2.80 bits per heavy atom. The molecule has 2 fully saturated rings. The maximum Gasteiger partial charge on any atom is 0.0440 e. The maximum absolute atomic E-state index is 3.81. The largest absolute Gasteiger partial charge is 0.309 e. The molecule has 1 saturated heterocycles. The molecular weight excluding hydrogens is 262 g/mol. The molecule has 0 aromatic heterocycles. The number of hydrogen-bond donors (Lipinski definition) is 1. The first-order valence-corrected chi connectivity index (χ1v) is 9.38. The number of benzene rings is 1. The van der Waals surface area contributed by atoms with Crippen molar-refractivity contribution in [3.05, 3.63) is 35.4 Å². The predicted molar refractivity (Wildman–Crippen MR) is 89.5 cm³/mol. The van der Waals surface area contributed by atoms with E-state index in [1.807, 2.05) is 0 Å². The lowest BCUT2D eigenvalue weighted by Crippen LogP contribution is -2.29. The second-order valence-corrected chi connectivity index (χ2v) is 7.63. The third-order valence-electron chi connectivity index (χ3n) is 4.80. The third-order valence-corrected chi connectivity index (χ3v) is 6.26. The number of nitrogens with one attached hydrogen (secondary N) is 1. The highest BCUT2D eigenvalue weighted by atomic mass is 32.2. The van der Waals surface area contributed by atoms with E-state index in [1.165, 1.54) is 49.8 Å². The van der Waals surface area contributed by atoms with Gasteiger partial charge in [-0.25, -0.2) is 0 Å². The van der Waals surface area contributed by atoms with Gasteiger partial charge in [0.2, 0.25) is 0 Å². The summed E-state index contributed by atoms with van der Waals surface area (Å²) in [6.45, 7) is 3.39. The smallest absolute Gasteiger partial charge is 0.0440 e. The monoisotopic (exact) mass is 289 g/mol. The van der Waals surface area contributed by atoms with E-state index in [0.717, 1.165) is 17.7 Å². The Morgan fingerprint density at radius 1 is 1.25 bits per heavy atom. The van der Waals surface area contributed by atoms with Crippen LogP contribution >= 0.6 is 11.8 Å². The molecule has 1 N–H and O–H groups in total. The number of rotatable bonds is 6. The van der Waals surface area contributed by atoms with Crippen LogP contribution in [0.5, 0.6) is 0 Å². The molecule has 2 aliphatic rings. The van der Waals surface area contributed by atoms with Crippen LogP contribution in [0.15, 0.2) is 24.3 Å². The Balaban J connectivity index is 1.77. The second-order valence-electron chi connectivity index (χ2n) is 6.28. The molecule has 1 nitrogen and oxygen atoms in total. The summed E-state index contributed by atoms with van der Waals surface area (Å²) in [5.41, 5.74) is 3.11. The molecule has 3 rings (SSSR count). The summed E-state index contributed by atoms with van der Waals surface area (Å²) in [7, 11) is 0. The Hall–Kier alpha value is -0.470. The Morgan fingerprint density at radius 2 is 2.15 bits per heavy atom. The predicted octanol–water partition coefficient (Wildman–Crippen LogP) is 4.89. The summed E-state index contributed by atoms with van der Waals surface area (Å²) in [4.78, 5) is 0. The summed E-state index contributed by atoms with van der Waals surface area (Å²) in [5, 5.41) is 4.59. The minimum absolute atomic E-state index is 0.558. The fraction of sp³-hybridized carbons (Fsp3) is 0.667. The minimum Gasteiger partial charge on any atom is -0.309 e. The quantitative estimate of drug-likeness (QED) is 0.800. The lowest BCUT2D eigenvalue weighted by molar-refractivity contribution is 0.418. The van der Waals surface area contributed by atoms with Gasteiger partial charge in [-0.3, -0.25) is 0 Å². The van der Waals surface area contributed by atoms with Gasteiger partial charge in [0, 0.05) is 11.3 Å². The van der Waals surface area contributed by atoms with Gasteiger partial charge in [-0.05, 0) is 61.4 Å². The van der Waals surface area contributed by atoms with Crippen LogP contribution < -0.4 is 5.32 Å². The van der Waals surface area contributed by atoms with Gasteiger partial charge in [-0.15, -0.1) is 0 Å². The van der Waals surface area contributed by atoms with Gasteiger partial charge in [-0.1, -0.05) is 37.6 Å². The summed E-state index contributed by atoms with van der Waals surface area (Å²) in [5.74, 6) is 2.19.